The number of hydrogen-bond donors (Lipinski definition) is 1. The Labute approximate surface area is 107 Å². The monoisotopic (exact) mass is 248 g/mol. The fourth-order valence-electron chi connectivity index (χ4n) is 5.86. The molecule has 5 aliphatic rings. The number of esters is 1. The molecule has 0 aromatic rings. The van der Waals surface area contributed by atoms with Crippen LogP contribution >= 0.6 is 0 Å². The maximum atomic E-state index is 12.4. The summed E-state index contributed by atoms with van der Waals surface area (Å²) in [5.74, 6) is 0.580. The van der Waals surface area contributed by atoms with Crippen LogP contribution in [0.4, 0.5) is 0 Å². The number of allylic oxidation sites excluding steroid dienone is 2. The molecule has 98 valence electrons. The fourth-order valence-corrected chi connectivity index (χ4v) is 5.86. The van der Waals surface area contributed by atoms with Crippen LogP contribution in [0.5, 0.6) is 0 Å². The van der Waals surface area contributed by atoms with E-state index < -0.39 is 11.7 Å². The molecule has 1 spiro atoms. The van der Waals surface area contributed by atoms with Crippen molar-refractivity contribution in [3.8, 4) is 0 Å². The molecule has 3 fully saturated rings. The van der Waals surface area contributed by atoms with Crippen LogP contribution in [0.25, 0.3) is 0 Å². The largest absolute Gasteiger partial charge is 0.435 e. The molecule has 1 N–H and O–H groups in total. The predicted octanol–water partition coefficient (Wildman–Crippen LogP) is 2.11. The first-order valence-electron chi connectivity index (χ1n) is 6.97. The topological polar surface area (TPSA) is 46.5 Å². The molecule has 3 heteroatoms. The Hall–Kier alpha value is -0.830. The third-order valence-corrected chi connectivity index (χ3v) is 7.27. The van der Waals surface area contributed by atoms with Gasteiger partial charge in [-0.2, -0.15) is 0 Å². The molecule has 7 atom stereocenters. The van der Waals surface area contributed by atoms with Crippen LogP contribution in [0.1, 0.15) is 33.6 Å². The van der Waals surface area contributed by atoms with Gasteiger partial charge in [-0.1, -0.05) is 32.9 Å². The molecule has 0 aromatic carbocycles. The molecule has 1 saturated heterocycles. The minimum atomic E-state index is -0.906. The van der Waals surface area contributed by atoms with Gasteiger partial charge in [-0.25, -0.2) is 0 Å². The minimum Gasteiger partial charge on any atom is -0.435 e. The first-order chi connectivity index (χ1) is 8.38. The number of cyclic esters (lactones) is 1. The summed E-state index contributed by atoms with van der Waals surface area (Å²) in [4.78, 5) is 12.4. The molecule has 7 unspecified atom stereocenters. The van der Waals surface area contributed by atoms with Crippen molar-refractivity contribution in [2.75, 3.05) is 0 Å². The first-order valence-corrected chi connectivity index (χ1v) is 6.97. The SMILES string of the molecule is CC1C2C=CC3(C)C1(C)CCC31C(=O)OC(O)C21. The maximum Gasteiger partial charge on any atom is 0.315 e. The second-order valence-corrected chi connectivity index (χ2v) is 7.14. The van der Waals surface area contributed by atoms with Crippen LogP contribution in [0.15, 0.2) is 12.2 Å². The average molecular weight is 248 g/mol. The van der Waals surface area contributed by atoms with Crippen molar-refractivity contribution < 1.29 is 14.6 Å². The van der Waals surface area contributed by atoms with Gasteiger partial charge in [-0.15, -0.1) is 0 Å². The Morgan fingerprint density at radius 2 is 2.11 bits per heavy atom. The van der Waals surface area contributed by atoms with Gasteiger partial charge in [0.1, 0.15) is 0 Å². The molecule has 18 heavy (non-hydrogen) atoms. The van der Waals surface area contributed by atoms with Crippen molar-refractivity contribution in [1.29, 1.82) is 0 Å². The number of aliphatic hydroxyl groups excluding tert-OH is 1. The van der Waals surface area contributed by atoms with Crippen molar-refractivity contribution in [3.05, 3.63) is 12.2 Å². The summed E-state index contributed by atoms with van der Waals surface area (Å²) >= 11 is 0. The second kappa shape index (κ2) is 2.69. The average Bonchev–Trinajstić information content (AvgIpc) is 2.69. The maximum absolute atomic E-state index is 12.4. The van der Waals surface area contributed by atoms with E-state index in [0.29, 0.717) is 5.92 Å². The third-order valence-electron chi connectivity index (χ3n) is 7.27. The summed E-state index contributed by atoms with van der Waals surface area (Å²) in [7, 11) is 0. The van der Waals surface area contributed by atoms with E-state index in [1.54, 1.807) is 0 Å². The third kappa shape index (κ3) is 0.740. The lowest BCUT2D eigenvalue weighted by Crippen LogP contribution is -2.61. The zero-order valence-electron chi connectivity index (χ0n) is 11.1. The minimum absolute atomic E-state index is 0.0365. The molecule has 2 saturated carbocycles. The lowest BCUT2D eigenvalue weighted by molar-refractivity contribution is -0.162. The molecule has 0 aromatic heterocycles. The van der Waals surface area contributed by atoms with Gasteiger partial charge < -0.3 is 9.84 Å². The van der Waals surface area contributed by atoms with E-state index in [9.17, 15) is 9.90 Å². The number of aliphatic hydroxyl groups is 1. The van der Waals surface area contributed by atoms with Gasteiger partial charge in [0, 0.05) is 11.3 Å². The van der Waals surface area contributed by atoms with E-state index in [0.717, 1.165) is 12.8 Å². The van der Waals surface area contributed by atoms with Crippen molar-refractivity contribution in [2.24, 2.45) is 34.0 Å². The van der Waals surface area contributed by atoms with Gasteiger partial charge in [-0.05, 0) is 30.1 Å². The van der Waals surface area contributed by atoms with Crippen LogP contribution in [-0.4, -0.2) is 17.4 Å². The Balaban J connectivity index is 2.04. The Kier molecular flexibility index (Phi) is 1.65. The number of rotatable bonds is 0. The smallest absolute Gasteiger partial charge is 0.315 e. The van der Waals surface area contributed by atoms with Gasteiger partial charge in [0.15, 0.2) is 0 Å². The summed E-state index contributed by atoms with van der Waals surface area (Å²) in [6, 6.07) is 0. The Bertz CT molecular complexity index is 484. The van der Waals surface area contributed by atoms with Crippen LogP contribution in [-0.2, 0) is 9.53 Å². The molecule has 4 aliphatic carbocycles. The molecule has 0 amide bonds. The molecule has 4 bridgehead atoms. The predicted molar refractivity (Wildman–Crippen MR) is 65.3 cm³/mol. The van der Waals surface area contributed by atoms with Gasteiger partial charge in [-0.3, -0.25) is 4.79 Å². The van der Waals surface area contributed by atoms with E-state index in [1.165, 1.54) is 0 Å². The van der Waals surface area contributed by atoms with Gasteiger partial charge in [0.2, 0.25) is 6.29 Å². The van der Waals surface area contributed by atoms with Gasteiger partial charge >= 0.3 is 5.97 Å². The molecule has 1 heterocycles. The van der Waals surface area contributed by atoms with Crippen LogP contribution < -0.4 is 0 Å². The fraction of sp³-hybridized carbons (Fsp3) is 0.800. The molecule has 0 radical (unpaired) electrons. The van der Waals surface area contributed by atoms with Crippen LogP contribution in [0.2, 0.25) is 0 Å². The van der Waals surface area contributed by atoms with Gasteiger partial charge in [0.05, 0.1) is 5.41 Å². The highest BCUT2D eigenvalue weighted by molar-refractivity contribution is 5.83. The highest BCUT2D eigenvalue weighted by atomic mass is 16.6. The van der Waals surface area contributed by atoms with E-state index >= 15 is 0 Å². The van der Waals surface area contributed by atoms with Crippen LogP contribution in [0, 0.1) is 34.0 Å². The molecule has 5 rings (SSSR count). The number of ether oxygens (including phenoxy) is 1. The standard InChI is InChI=1S/C15H20O3/c1-8-9-4-5-14(3)13(8,2)6-7-15(14)10(9)11(16)18-12(15)17/h4-5,8-11,16H,6-7H2,1-3H3. The molecular formula is C15H20O3. The van der Waals surface area contributed by atoms with Crippen molar-refractivity contribution in [3.63, 3.8) is 0 Å². The van der Waals surface area contributed by atoms with Crippen molar-refractivity contribution in [2.45, 2.75) is 39.9 Å². The lowest BCUT2D eigenvalue weighted by Gasteiger charge is -2.61. The number of hydrogen-bond acceptors (Lipinski definition) is 3. The van der Waals surface area contributed by atoms with Crippen molar-refractivity contribution >= 4 is 5.97 Å². The first kappa shape index (κ1) is 11.0. The van der Waals surface area contributed by atoms with Crippen LogP contribution in [0.3, 0.4) is 0 Å². The summed E-state index contributed by atoms with van der Waals surface area (Å²) in [5, 5.41) is 10.2. The van der Waals surface area contributed by atoms with Crippen molar-refractivity contribution in [1.82, 2.24) is 0 Å². The van der Waals surface area contributed by atoms with E-state index in [2.05, 4.69) is 32.9 Å². The summed E-state index contributed by atoms with van der Waals surface area (Å²) < 4.78 is 5.25. The highest BCUT2D eigenvalue weighted by Gasteiger charge is 2.80. The molecule has 1 aliphatic heterocycles. The zero-order valence-corrected chi connectivity index (χ0v) is 11.1. The summed E-state index contributed by atoms with van der Waals surface area (Å²) in [5.41, 5.74) is -0.466. The summed E-state index contributed by atoms with van der Waals surface area (Å²) in [6.07, 6.45) is 5.50. The van der Waals surface area contributed by atoms with E-state index in [1.807, 2.05) is 0 Å². The number of carbonyl (C=O) groups is 1. The highest BCUT2D eigenvalue weighted by Crippen LogP contribution is 2.79. The molecule has 3 nitrogen and oxygen atoms in total. The lowest BCUT2D eigenvalue weighted by atomic mass is 9.40. The van der Waals surface area contributed by atoms with E-state index in [4.69, 9.17) is 4.74 Å². The molecular weight excluding hydrogens is 228 g/mol. The normalized spacial score (nSPS) is 64.1. The Morgan fingerprint density at radius 1 is 1.39 bits per heavy atom. The quantitative estimate of drug-likeness (QED) is 0.527. The Morgan fingerprint density at radius 3 is 2.83 bits per heavy atom. The zero-order chi connectivity index (χ0) is 12.9. The summed E-state index contributed by atoms with van der Waals surface area (Å²) in [6.45, 7) is 6.79. The second-order valence-electron chi connectivity index (χ2n) is 7.14. The number of carbonyl (C=O) groups excluding carboxylic acids is 1. The van der Waals surface area contributed by atoms with E-state index in [-0.39, 0.29) is 28.6 Å². The van der Waals surface area contributed by atoms with Gasteiger partial charge in [0.25, 0.3) is 0 Å².